The fourth-order valence-corrected chi connectivity index (χ4v) is 3.13. The van der Waals surface area contributed by atoms with Gasteiger partial charge in [0, 0.05) is 6.42 Å². The zero-order chi connectivity index (χ0) is 23.8. The summed E-state index contributed by atoms with van der Waals surface area (Å²) in [5.41, 5.74) is 7.93. The summed E-state index contributed by atoms with van der Waals surface area (Å²) in [5, 5.41) is 0. The van der Waals surface area contributed by atoms with Gasteiger partial charge in [0.25, 0.3) is 0 Å². The van der Waals surface area contributed by atoms with Crippen LogP contribution in [0.4, 0.5) is 0 Å². The van der Waals surface area contributed by atoms with Crippen LogP contribution in [0, 0.1) is 5.92 Å². The summed E-state index contributed by atoms with van der Waals surface area (Å²) >= 11 is 5.46. The first-order valence-electron chi connectivity index (χ1n) is 10.5. The van der Waals surface area contributed by atoms with Crippen molar-refractivity contribution in [1.29, 1.82) is 0 Å². The number of benzene rings is 2. The summed E-state index contributed by atoms with van der Waals surface area (Å²) in [6.07, 6.45) is 2.92. The van der Waals surface area contributed by atoms with Crippen molar-refractivity contribution < 1.29 is 23.9 Å². The topological polar surface area (TPSA) is 95.7 Å². The molecule has 0 unspecified atom stereocenters. The first kappa shape index (κ1) is 27.3. The van der Waals surface area contributed by atoms with Crippen molar-refractivity contribution >= 4 is 29.3 Å². The maximum absolute atomic E-state index is 11.6. The van der Waals surface area contributed by atoms with E-state index in [0.717, 1.165) is 18.4 Å². The maximum Gasteiger partial charge on any atom is 0.322 e. The van der Waals surface area contributed by atoms with Crippen molar-refractivity contribution in [2.45, 2.75) is 38.1 Å². The molecule has 0 heterocycles. The van der Waals surface area contributed by atoms with Crippen molar-refractivity contribution in [1.82, 2.24) is 0 Å². The molecular weight excluding hydrogens is 430 g/mol. The van der Waals surface area contributed by atoms with Crippen molar-refractivity contribution in [3.05, 3.63) is 71.8 Å². The molecule has 7 heteroatoms. The van der Waals surface area contributed by atoms with Crippen molar-refractivity contribution in [3.63, 3.8) is 0 Å². The molecule has 174 valence electrons. The SMILES string of the molecule is COC(=O)[C@@H](N)CCc1ccccc1.COC(=O)[C@H](CCc1ccccc1)CC(=O)CCl. The molecule has 2 aromatic rings. The van der Waals surface area contributed by atoms with Crippen LogP contribution in [0.5, 0.6) is 0 Å². The van der Waals surface area contributed by atoms with E-state index in [-0.39, 0.29) is 30.0 Å². The van der Waals surface area contributed by atoms with Gasteiger partial charge in [-0.3, -0.25) is 14.4 Å². The molecule has 0 amide bonds. The highest BCUT2D eigenvalue weighted by atomic mass is 35.5. The molecule has 32 heavy (non-hydrogen) atoms. The van der Waals surface area contributed by atoms with Crippen LogP contribution in [0.25, 0.3) is 0 Å². The highest BCUT2D eigenvalue weighted by Gasteiger charge is 2.22. The van der Waals surface area contributed by atoms with E-state index in [1.807, 2.05) is 60.7 Å². The van der Waals surface area contributed by atoms with Gasteiger partial charge < -0.3 is 15.2 Å². The van der Waals surface area contributed by atoms with Gasteiger partial charge in [0.1, 0.15) is 11.8 Å². The summed E-state index contributed by atoms with van der Waals surface area (Å²) in [6.45, 7) is 0. The van der Waals surface area contributed by atoms with Gasteiger partial charge in [0.15, 0.2) is 0 Å². The van der Waals surface area contributed by atoms with Crippen LogP contribution in [0.2, 0.25) is 0 Å². The minimum Gasteiger partial charge on any atom is -0.469 e. The van der Waals surface area contributed by atoms with Crippen LogP contribution in [-0.2, 0) is 36.7 Å². The summed E-state index contributed by atoms with van der Waals surface area (Å²) < 4.78 is 9.25. The zero-order valence-corrected chi connectivity index (χ0v) is 19.4. The van der Waals surface area contributed by atoms with Crippen molar-refractivity contribution in [2.75, 3.05) is 20.1 Å². The Kier molecular flexibility index (Phi) is 13.7. The normalized spacial score (nSPS) is 12.0. The molecule has 0 fully saturated rings. The third-order valence-electron chi connectivity index (χ3n) is 4.87. The van der Waals surface area contributed by atoms with E-state index in [1.54, 1.807) is 0 Å². The van der Waals surface area contributed by atoms with Crippen LogP contribution < -0.4 is 5.73 Å². The lowest BCUT2D eigenvalue weighted by Gasteiger charge is -2.13. The second-order valence-electron chi connectivity index (χ2n) is 7.27. The van der Waals surface area contributed by atoms with Gasteiger partial charge >= 0.3 is 11.9 Å². The molecule has 6 nitrogen and oxygen atoms in total. The van der Waals surface area contributed by atoms with Gasteiger partial charge in [-0.25, -0.2) is 0 Å². The van der Waals surface area contributed by atoms with Crippen LogP contribution in [0.1, 0.15) is 30.4 Å². The molecule has 2 atom stereocenters. The van der Waals surface area contributed by atoms with E-state index in [1.165, 1.54) is 19.8 Å². The zero-order valence-electron chi connectivity index (χ0n) is 18.7. The van der Waals surface area contributed by atoms with Crippen LogP contribution in [0.3, 0.4) is 0 Å². The van der Waals surface area contributed by atoms with Crippen LogP contribution >= 0.6 is 11.6 Å². The number of nitrogens with two attached hydrogens (primary N) is 1. The Labute approximate surface area is 195 Å². The first-order valence-corrected chi connectivity index (χ1v) is 11.0. The number of hydrogen-bond donors (Lipinski definition) is 1. The Morgan fingerprint density at radius 2 is 1.28 bits per heavy atom. The summed E-state index contributed by atoms with van der Waals surface area (Å²) in [5.74, 6) is -1.27. The highest BCUT2D eigenvalue weighted by molar-refractivity contribution is 6.27. The maximum atomic E-state index is 11.6. The van der Waals surface area contributed by atoms with Crippen LogP contribution in [0.15, 0.2) is 60.7 Å². The van der Waals surface area contributed by atoms with Gasteiger partial charge in [-0.2, -0.15) is 0 Å². The van der Waals surface area contributed by atoms with Gasteiger partial charge in [0.05, 0.1) is 26.0 Å². The number of halogens is 1. The Morgan fingerprint density at radius 3 is 1.72 bits per heavy atom. The van der Waals surface area contributed by atoms with Gasteiger partial charge in [0.2, 0.25) is 0 Å². The smallest absolute Gasteiger partial charge is 0.322 e. The molecule has 0 spiro atoms. The second kappa shape index (κ2) is 16.0. The lowest BCUT2D eigenvalue weighted by Crippen LogP contribution is -2.31. The Balaban J connectivity index is 0.000000330. The van der Waals surface area contributed by atoms with Crippen LogP contribution in [-0.4, -0.2) is 43.9 Å². The average Bonchev–Trinajstić information content (AvgIpc) is 2.85. The molecular formula is C25H32ClNO5. The molecule has 0 aromatic heterocycles. The Hall–Kier alpha value is -2.70. The monoisotopic (exact) mass is 461 g/mol. The van der Waals surface area contributed by atoms with E-state index < -0.39 is 12.0 Å². The standard InChI is InChI=1S/C14H17ClO3.C11H15NO2/c1-18-14(17)12(9-13(16)10-15)8-7-11-5-3-2-4-6-11;1-14-11(13)10(12)8-7-9-5-3-2-4-6-9/h2-6,12H,7-10H2,1H3;2-6,10H,7-8,12H2,1H3/t12-;10-/m10/s1. The molecule has 0 aliphatic rings. The molecule has 0 aliphatic heterocycles. The minimum atomic E-state index is -0.514. The van der Waals surface area contributed by atoms with E-state index >= 15 is 0 Å². The van der Waals surface area contributed by atoms with E-state index in [0.29, 0.717) is 12.8 Å². The van der Waals surface area contributed by atoms with Crippen molar-refractivity contribution in [2.24, 2.45) is 11.7 Å². The number of carbonyl (C=O) groups excluding carboxylic acids is 3. The minimum absolute atomic E-state index is 0.0567. The molecule has 0 saturated heterocycles. The molecule has 2 N–H and O–H groups in total. The largest absolute Gasteiger partial charge is 0.469 e. The summed E-state index contributed by atoms with van der Waals surface area (Å²) in [6, 6.07) is 19.3. The van der Waals surface area contributed by atoms with Gasteiger partial charge in [-0.05, 0) is 36.8 Å². The van der Waals surface area contributed by atoms with Gasteiger partial charge in [-0.15, -0.1) is 11.6 Å². The predicted molar refractivity (Wildman–Crippen MR) is 125 cm³/mol. The lowest BCUT2D eigenvalue weighted by molar-refractivity contribution is -0.147. The number of Topliss-reactive ketones (excluding diaryl/α,β-unsaturated/α-hetero) is 1. The Bertz CT molecular complexity index is 814. The lowest BCUT2D eigenvalue weighted by atomic mass is 9.95. The number of methoxy groups -OCH3 is 2. The highest BCUT2D eigenvalue weighted by Crippen LogP contribution is 2.16. The molecule has 0 saturated carbocycles. The number of hydrogen-bond acceptors (Lipinski definition) is 6. The molecule has 2 rings (SSSR count). The number of ether oxygens (including phenoxy) is 2. The summed E-state index contributed by atoms with van der Waals surface area (Å²) in [7, 11) is 2.69. The average molecular weight is 462 g/mol. The second-order valence-corrected chi connectivity index (χ2v) is 7.54. The van der Waals surface area contributed by atoms with Crippen molar-refractivity contribution in [3.8, 4) is 0 Å². The number of ketones is 1. The fraction of sp³-hybridized carbons (Fsp3) is 0.400. The third kappa shape index (κ3) is 11.1. The number of esters is 2. The quantitative estimate of drug-likeness (QED) is 0.404. The molecule has 0 bridgehead atoms. The van der Waals surface area contributed by atoms with E-state index in [2.05, 4.69) is 4.74 Å². The molecule has 0 aliphatic carbocycles. The predicted octanol–water partition coefficient (Wildman–Crippen LogP) is 3.73. The summed E-state index contributed by atoms with van der Waals surface area (Å²) in [4.78, 5) is 33.9. The van der Waals surface area contributed by atoms with E-state index in [9.17, 15) is 14.4 Å². The number of alkyl halides is 1. The first-order chi connectivity index (χ1) is 15.4. The third-order valence-corrected chi connectivity index (χ3v) is 5.17. The Morgan fingerprint density at radius 1 is 0.812 bits per heavy atom. The number of carbonyl (C=O) groups is 3. The molecule has 2 aromatic carbocycles. The van der Waals surface area contributed by atoms with E-state index in [4.69, 9.17) is 22.1 Å². The fourth-order valence-electron chi connectivity index (χ4n) is 3.02. The molecule has 0 radical (unpaired) electrons. The number of rotatable bonds is 11. The number of aryl methyl sites for hydroxylation is 2. The van der Waals surface area contributed by atoms with Gasteiger partial charge in [-0.1, -0.05) is 60.7 Å².